The third-order valence-electron chi connectivity index (χ3n) is 8.36. The Balaban J connectivity index is 1.57. The largest absolute Gasteiger partial charge is 0.242 e. The van der Waals surface area contributed by atoms with Gasteiger partial charge in [0.05, 0.1) is 0 Å². The number of hydrogen-bond donors (Lipinski definition) is 0. The number of benzene rings is 7. The van der Waals surface area contributed by atoms with Gasteiger partial charge >= 0.3 is 0 Å². The van der Waals surface area contributed by atoms with Gasteiger partial charge in [-0.2, -0.15) is 0 Å². The van der Waals surface area contributed by atoms with Gasteiger partial charge in [0.1, 0.15) is 0 Å². The molecule has 1 heteroatoms. The molecule has 41 heavy (non-hydrogen) atoms. The summed E-state index contributed by atoms with van der Waals surface area (Å²) in [5.41, 5.74) is 7.93. The molecule has 0 spiro atoms. The lowest BCUT2D eigenvalue weighted by Crippen LogP contribution is -2.44. The van der Waals surface area contributed by atoms with Gasteiger partial charge in [-0.25, -0.2) is 0 Å². The van der Waals surface area contributed by atoms with Crippen LogP contribution in [0.5, 0.6) is 0 Å². The molecule has 0 saturated heterocycles. The first-order valence-electron chi connectivity index (χ1n) is 14.5. The number of hydrogen-bond acceptors (Lipinski definition) is 0. The van der Waals surface area contributed by atoms with Crippen molar-refractivity contribution < 1.29 is 0 Å². The van der Waals surface area contributed by atoms with E-state index in [1.165, 1.54) is 65.4 Å². The zero-order chi connectivity index (χ0) is 27.6. The summed E-state index contributed by atoms with van der Waals surface area (Å²) in [4.78, 5) is 0. The lowest BCUT2D eigenvalue weighted by molar-refractivity contribution is 1.24. The van der Waals surface area contributed by atoms with E-state index in [0.717, 1.165) is 6.42 Å². The molecule has 0 aliphatic carbocycles. The van der Waals surface area contributed by atoms with E-state index in [9.17, 15) is 0 Å². The van der Waals surface area contributed by atoms with E-state index in [1.807, 2.05) is 0 Å². The molecule has 0 nitrogen and oxygen atoms in total. The molecule has 0 atom stereocenters. The average Bonchev–Trinajstić information content (AvgIpc) is 3.04. The van der Waals surface area contributed by atoms with Crippen LogP contribution in [0.15, 0.2) is 158 Å². The Labute approximate surface area is 242 Å². The van der Waals surface area contributed by atoms with Crippen LogP contribution in [0, 0.1) is 0 Å². The second kappa shape index (κ2) is 10.9. The molecule has 0 amide bonds. The van der Waals surface area contributed by atoms with Crippen LogP contribution >= 0.6 is 0 Å². The van der Waals surface area contributed by atoms with Crippen molar-refractivity contribution in [1.82, 2.24) is 0 Å². The van der Waals surface area contributed by atoms with Crippen molar-refractivity contribution in [2.45, 2.75) is 13.3 Å². The molecule has 0 heterocycles. The predicted molar refractivity (Wildman–Crippen MR) is 180 cm³/mol. The van der Waals surface area contributed by atoms with Crippen LogP contribution in [-0.4, -0.2) is 6.71 Å². The lowest BCUT2D eigenvalue weighted by Gasteiger charge is -2.25. The molecule has 0 N–H and O–H groups in total. The maximum Gasteiger partial charge on any atom is 0.242 e. The highest BCUT2D eigenvalue weighted by molar-refractivity contribution is 7.01. The van der Waals surface area contributed by atoms with Gasteiger partial charge in [-0.1, -0.05) is 175 Å². The van der Waals surface area contributed by atoms with Crippen LogP contribution in [0.1, 0.15) is 24.5 Å². The molecule has 0 aliphatic rings. The van der Waals surface area contributed by atoms with Gasteiger partial charge in [-0.05, 0) is 61.5 Å². The van der Waals surface area contributed by atoms with Gasteiger partial charge < -0.3 is 0 Å². The minimum Gasteiger partial charge on any atom is -0.0680 e. The molecular weight excluding hydrogens is 491 g/mol. The van der Waals surface area contributed by atoms with Crippen molar-refractivity contribution in [3.8, 4) is 0 Å². The summed E-state index contributed by atoms with van der Waals surface area (Å²) < 4.78 is 0. The average molecular weight is 523 g/mol. The van der Waals surface area contributed by atoms with Gasteiger partial charge in [0, 0.05) is 0 Å². The van der Waals surface area contributed by atoms with Crippen LogP contribution in [0.2, 0.25) is 0 Å². The highest BCUT2D eigenvalue weighted by Gasteiger charge is 2.29. The molecule has 0 bridgehead atoms. The van der Waals surface area contributed by atoms with Gasteiger partial charge in [0.25, 0.3) is 0 Å². The Hall–Kier alpha value is -4.88. The van der Waals surface area contributed by atoms with Gasteiger partial charge in [0.15, 0.2) is 0 Å². The van der Waals surface area contributed by atoms with E-state index < -0.39 is 0 Å². The first-order valence-corrected chi connectivity index (χ1v) is 14.5. The van der Waals surface area contributed by atoms with E-state index in [0.29, 0.717) is 0 Å². The molecule has 0 saturated carbocycles. The Kier molecular flexibility index (Phi) is 6.71. The normalized spacial score (nSPS) is 12.0. The third-order valence-corrected chi connectivity index (χ3v) is 8.36. The molecule has 194 valence electrons. The lowest BCUT2D eigenvalue weighted by atomic mass is 9.34. The van der Waals surface area contributed by atoms with E-state index in [2.05, 4.69) is 165 Å². The predicted octanol–water partition coefficient (Wildman–Crippen LogP) is 9.32. The second-order valence-electron chi connectivity index (χ2n) is 10.8. The van der Waals surface area contributed by atoms with Crippen LogP contribution in [0.25, 0.3) is 43.4 Å². The summed E-state index contributed by atoms with van der Waals surface area (Å²) in [6, 6.07) is 58.0. The zero-order valence-corrected chi connectivity index (χ0v) is 23.3. The third kappa shape index (κ3) is 4.85. The Morgan fingerprint density at radius 3 is 1.37 bits per heavy atom. The van der Waals surface area contributed by atoms with Gasteiger partial charge in [-0.3, -0.25) is 0 Å². The van der Waals surface area contributed by atoms with Crippen molar-refractivity contribution in [3.05, 3.63) is 169 Å². The number of allylic oxidation sites excluding steroid dienone is 1. The van der Waals surface area contributed by atoms with Crippen molar-refractivity contribution in [3.63, 3.8) is 0 Å². The summed E-state index contributed by atoms with van der Waals surface area (Å²) in [6.07, 6.45) is 0.934. The molecule has 0 unspecified atom stereocenters. The smallest absolute Gasteiger partial charge is 0.0680 e. The Bertz CT molecular complexity index is 1950. The number of rotatable bonds is 6. The first kappa shape index (κ1) is 25.1. The van der Waals surface area contributed by atoms with E-state index in [4.69, 9.17) is 0 Å². The second-order valence-corrected chi connectivity index (χ2v) is 10.8. The van der Waals surface area contributed by atoms with Crippen LogP contribution in [0.3, 0.4) is 0 Å². The molecule has 7 rings (SSSR count). The van der Waals surface area contributed by atoms with Crippen LogP contribution < -0.4 is 10.9 Å². The highest BCUT2D eigenvalue weighted by atomic mass is 14.1. The Morgan fingerprint density at radius 2 is 0.854 bits per heavy atom. The number of fused-ring (bicyclic) bond motifs is 3. The summed E-state index contributed by atoms with van der Waals surface area (Å²) in [5, 5.41) is 7.60. The van der Waals surface area contributed by atoms with E-state index in [-0.39, 0.29) is 6.71 Å². The fraction of sp³-hybridized carbons (Fsp3) is 0.0500. The van der Waals surface area contributed by atoms with Gasteiger partial charge in [0.2, 0.25) is 6.71 Å². The minimum absolute atomic E-state index is 0.0560. The SMILES string of the molecule is CC/C(=C(\B(c1ccc2ccccc2c1)c1ccc2ccccc2c1)c1ccc2ccccc2c1)c1ccccc1. The van der Waals surface area contributed by atoms with Crippen molar-refractivity contribution in [1.29, 1.82) is 0 Å². The maximum atomic E-state index is 2.40. The van der Waals surface area contributed by atoms with Crippen molar-refractivity contribution >= 4 is 61.0 Å². The molecule has 0 radical (unpaired) electrons. The molecule has 0 aliphatic heterocycles. The van der Waals surface area contributed by atoms with E-state index in [1.54, 1.807) is 0 Å². The fourth-order valence-corrected chi connectivity index (χ4v) is 6.36. The summed E-state index contributed by atoms with van der Waals surface area (Å²) >= 11 is 0. The van der Waals surface area contributed by atoms with Gasteiger partial charge in [-0.15, -0.1) is 0 Å². The van der Waals surface area contributed by atoms with E-state index >= 15 is 0 Å². The minimum atomic E-state index is 0.0560. The highest BCUT2D eigenvalue weighted by Crippen LogP contribution is 2.33. The quantitative estimate of drug-likeness (QED) is 0.151. The van der Waals surface area contributed by atoms with Crippen molar-refractivity contribution in [2.75, 3.05) is 0 Å². The molecule has 7 aromatic rings. The Morgan fingerprint density at radius 1 is 0.415 bits per heavy atom. The summed E-state index contributed by atoms with van der Waals surface area (Å²) in [5.74, 6) is 0. The first-order chi connectivity index (χ1) is 20.3. The maximum absolute atomic E-state index is 2.40. The van der Waals surface area contributed by atoms with Crippen LogP contribution in [0.4, 0.5) is 0 Å². The summed E-state index contributed by atoms with van der Waals surface area (Å²) in [7, 11) is 0. The zero-order valence-electron chi connectivity index (χ0n) is 23.3. The standard InChI is InChI=1S/C40H31B/c1-2-39(32-15-4-3-5-16-32)40(36-21-20-29-12-6-9-17-33(29)26-36)41(37-24-22-30-13-7-10-18-34(30)27-37)38-25-23-31-14-8-11-19-35(31)28-38/h3-28H,2H2,1H3/b40-39+. The molecule has 0 aromatic heterocycles. The van der Waals surface area contributed by atoms with Crippen LogP contribution in [-0.2, 0) is 0 Å². The summed E-state index contributed by atoms with van der Waals surface area (Å²) in [6.45, 7) is 2.35. The molecular formula is C40H31B. The molecule has 0 fully saturated rings. The molecule has 7 aromatic carbocycles. The topological polar surface area (TPSA) is 0 Å². The van der Waals surface area contributed by atoms with Crippen molar-refractivity contribution in [2.24, 2.45) is 0 Å². The monoisotopic (exact) mass is 522 g/mol. The fourth-order valence-electron chi connectivity index (χ4n) is 6.36.